The molecule has 2 N–H and O–H groups in total. The second-order valence-electron chi connectivity index (χ2n) is 11.2. The first-order chi connectivity index (χ1) is 15.7. The van der Waals surface area contributed by atoms with Crippen LogP contribution < -0.4 is 0 Å². The molecular weight excluding hydrogens is 424 g/mol. The van der Waals surface area contributed by atoms with Crippen molar-refractivity contribution < 1.29 is 23.7 Å². The van der Waals surface area contributed by atoms with Crippen molar-refractivity contribution >= 4 is 0 Å². The van der Waals surface area contributed by atoms with Crippen LogP contribution in [-0.4, -0.2) is 66.1 Å². The molecule has 4 aliphatic rings. The summed E-state index contributed by atoms with van der Waals surface area (Å²) in [6, 6.07) is 0. The summed E-state index contributed by atoms with van der Waals surface area (Å²) in [5, 5.41) is 20.2. The maximum atomic E-state index is 12.3. The minimum Gasteiger partial charge on any atom is -0.393 e. The fourth-order valence-corrected chi connectivity index (χ4v) is 7.20. The van der Waals surface area contributed by atoms with Gasteiger partial charge in [0.2, 0.25) is 0 Å². The predicted octanol–water partition coefficient (Wildman–Crippen LogP) is 4.73. The van der Waals surface area contributed by atoms with Gasteiger partial charge in [0, 0.05) is 26.1 Å². The van der Waals surface area contributed by atoms with E-state index in [9.17, 15) is 19.0 Å². The van der Waals surface area contributed by atoms with E-state index in [-0.39, 0.29) is 6.10 Å². The fourth-order valence-electron chi connectivity index (χ4n) is 7.20. The molecule has 4 nitrogen and oxygen atoms in total. The van der Waals surface area contributed by atoms with Crippen molar-refractivity contribution in [2.45, 2.75) is 83.5 Å². The van der Waals surface area contributed by atoms with E-state index in [1.54, 1.807) is 0 Å². The third-order valence-corrected chi connectivity index (χ3v) is 8.92. The zero-order valence-corrected chi connectivity index (χ0v) is 20.2. The summed E-state index contributed by atoms with van der Waals surface area (Å²) in [6.07, 6.45) is 7.78. The van der Waals surface area contributed by atoms with Crippen LogP contribution in [-0.2, 0) is 4.74 Å². The maximum Gasteiger partial charge on any atom is 0.261 e. The molecule has 0 bridgehead atoms. The predicted molar refractivity (Wildman–Crippen MR) is 126 cm³/mol. The highest BCUT2D eigenvalue weighted by atomic mass is 19.3. The summed E-state index contributed by atoms with van der Waals surface area (Å²) in [7, 11) is 0. The zero-order valence-electron chi connectivity index (χ0n) is 20.2. The van der Waals surface area contributed by atoms with Crippen molar-refractivity contribution in [3.05, 3.63) is 35.5 Å². The van der Waals surface area contributed by atoms with E-state index in [0.717, 1.165) is 37.2 Å². The van der Waals surface area contributed by atoms with E-state index >= 15 is 0 Å². The van der Waals surface area contributed by atoms with Gasteiger partial charge in [0.1, 0.15) is 6.61 Å². The van der Waals surface area contributed by atoms with Gasteiger partial charge in [0.05, 0.1) is 18.3 Å². The Morgan fingerprint density at radius 1 is 1.24 bits per heavy atom. The number of hydrogen-bond acceptors (Lipinski definition) is 4. The van der Waals surface area contributed by atoms with Crippen LogP contribution in [0.25, 0.3) is 0 Å². The molecule has 186 valence electrons. The normalized spacial score (nSPS) is 39.3. The average molecular weight is 466 g/mol. The Hall–Kier alpha value is -1.08. The number of allylic oxidation sites excluding steroid dienone is 3. The highest BCUT2D eigenvalue weighted by Crippen LogP contribution is 2.59. The third-order valence-electron chi connectivity index (χ3n) is 8.92. The number of aliphatic hydroxyl groups excluding tert-OH is 2. The number of hydrogen-bond donors (Lipinski definition) is 2. The van der Waals surface area contributed by atoms with Crippen LogP contribution in [0, 0.1) is 23.2 Å². The molecule has 0 radical (unpaired) electrons. The van der Waals surface area contributed by atoms with Crippen LogP contribution >= 0.6 is 0 Å². The molecule has 0 amide bonds. The molecular formula is C27H41F2NO3. The summed E-state index contributed by atoms with van der Waals surface area (Å²) < 4.78 is 29.9. The van der Waals surface area contributed by atoms with Crippen molar-refractivity contribution in [2.24, 2.45) is 23.2 Å². The van der Waals surface area contributed by atoms with Crippen LogP contribution in [0.2, 0.25) is 0 Å². The number of alkyl halides is 2. The SMILES string of the molecule is C=C1/C(=C\C=C2/CCC[C@]3(C)[C@@H]([C@H](C)CN4CC(OCC(F)F)C4)CC[C@@H]23)CC(O)CC1O. The first-order valence-corrected chi connectivity index (χ1v) is 12.7. The molecule has 1 heterocycles. The van der Waals surface area contributed by atoms with E-state index in [0.29, 0.717) is 36.0 Å². The minimum atomic E-state index is -2.39. The molecule has 33 heavy (non-hydrogen) atoms. The molecule has 1 saturated heterocycles. The Morgan fingerprint density at radius 2 is 2.00 bits per heavy atom. The van der Waals surface area contributed by atoms with Gasteiger partial charge in [-0.25, -0.2) is 8.78 Å². The van der Waals surface area contributed by atoms with Crippen molar-refractivity contribution in [3.8, 4) is 0 Å². The summed E-state index contributed by atoms with van der Waals surface area (Å²) >= 11 is 0. The molecule has 1 aliphatic heterocycles. The Balaban J connectivity index is 1.37. The van der Waals surface area contributed by atoms with Gasteiger partial charge in [-0.05, 0) is 72.8 Å². The summed E-state index contributed by atoms with van der Waals surface area (Å²) in [5.41, 5.74) is 3.53. The lowest BCUT2D eigenvalue weighted by atomic mass is 9.61. The molecule has 3 aliphatic carbocycles. The highest BCUT2D eigenvalue weighted by Gasteiger charge is 2.51. The Labute approximate surface area is 197 Å². The van der Waals surface area contributed by atoms with E-state index in [1.165, 1.54) is 31.3 Å². The van der Waals surface area contributed by atoms with Crippen LogP contribution in [0.4, 0.5) is 8.78 Å². The number of rotatable bonds is 7. The number of halogens is 2. The first kappa shape index (κ1) is 25.0. The van der Waals surface area contributed by atoms with Gasteiger partial charge in [0.25, 0.3) is 6.43 Å². The maximum absolute atomic E-state index is 12.3. The monoisotopic (exact) mass is 465 g/mol. The van der Waals surface area contributed by atoms with Crippen molar-refractivity contribution in [1.82, 2.24) is 4.90 Å². The summed E-state index contributed by atoms with van der Waals surface area (Å²) in [6.45, 7) is 11.0. The second kappa shape index (κ2) is 10.3. The van der Waals surface area contributed by atoms with Gasteiger partial charge in [0.15, 0.2) is 0 Å². The van der Waals surface area contributed by atoms with E-state index in [4.69, 9.17) is 4.74 Å². The molecule has 0 aromatic heterocycles. The second-order valence-corrected chi connectivity index (χ2v) is 11.2. The molecule has 0 aromatic carbocycles. The smallest absolute Gasteiger partial charge is 0.261 e. The lowest BCUT2D eigenvalue weighted by Gasteiger charge is -2.47. The van der Waals surface area contributed by atoms with Gasteiger partial charge in [-0.2, -0.15) is 0 Å². The molecule has 0 aromatic rings. The van der Waals surface area contributed by atoms with E-state index < -0.39 is 25.2 Å². The molecule has 0 spiro atoms. The Bertz CT molecular complexity index is 775. The lowest BCUT2D eigenvalue weighted by Crippen LogP contribution is -2.54. The highest BCUT2D eigenvalue weighted by molar-refractivity contribution is 5.38. The van der Waals surface area contributed by atoms with Crippen LogP contribution in [0.1, 0.15) is 58.8 Å². The molecule has 3 saturated carbocycles. The lowest BCUT2D eigenvalue weighted by molar-refractivity contribution is -0.0942. The van der Waals surface area contributed by atoms with Crippen LogP contribution in [0.3, 0.4) is 0 Å². The summed E-state index contributed by atoms with van der Waals surface area (Å²) in [5.74, 6) is 1.81. The zero-order chi connectivity index (χ0) is 23.8. The van der Waals surface area contributed by atoms with Crippen molar-refractivity contribution in [1.29, 1.82) is 0 Å². The van der Waals surface area contributed by atoms with Gasteiger partial charge in [-0.3, -0.25) is 4.90 Å². The quantitative estimate of drug-likeness (QED) is 0.571. The topological polar surface area (TPSA) is 52.9 Å². The third kappa shape index (κ3) is 5.44. The Kier molecular flexibility index (Phi) is 7.79. The number of likely N-dealkylation sites (tertiary alicyclic amines) is 1. The van der Waals surface area contributed by atoms with Gasteiger partial charge in [-0.15, -0.1) is 0 Å². The van der Waals surface area contributed by atoms with Crippen LogP contribution in [0.15, 0.2) is 35.5 Å². The fraction of sp³-hybridized carbons (Fsp3) is 0.778. The summed E-state index contributed by atoms with van der Waals surface area (Å²) in [4.78, 5) is 2.35. The molecule has 4 fully saturated rings. The van der Waals surface area contributed by atoms with Crippen molar-refractivity contribution in [3.63, 3.8) is 0 Å². The average Bonchev–Trinajstić information content (AvgIpc) is 3.08. The van der Waals surface area contributed by atoms with Gasteiger partial charge < -0.3 is 14.9 Å². The standard InChI is InChI=1S/C27H41F2NO3/c1-17(13-30-14-22(15-30)33-16-26(28)29)23-8-9-24-19(5-4-10-27(23,24)3)6-7-20-11-21(31)12-25(32)18(20)2/h6-7,17,21-26,31-32H,2,4-5,8-16H2,1,3H3/b19-6+,20-7-/t17-,21?,23-,24+,25?,27-/m1/s1. The van der Waals surface area contributed by atoms with E-state index in [1.807, 2.05) is 0 Å². The molecule has 2 unspecified atom stereocenters. The van der Waals surface area contributed by atoms with Crippen molar-refractivity contribution in [2.75, 3.05) is 26.2 Å². The van der Waals surface area contributed by atoms with Gasteiger partial charge in [-0.1, -0.05) is 38.2 Å². The number of fused-ring (bicyclic) bond motifs is 1. The minimum absolute atomic E-state index is 0.0399. The van der Waals surface area contributed by atoms with E-state index in [2.05, 4.69) is 37.5 Å². The van der Waals surface area contributed by atoms with Crippen LogP contribution in [0.5, 0.6) is 0 Å². The van der Waals surface area contributed by atoms with Gasteiger partial charge >= 0.3 is 0 Å². The number of ether oxygens (including phenoxy) is 1. The largest absolute Gasteiger partial charge is 0.393 e. The Morgan fingerprint density at radius 3 is 2.73 bits per heavy atom. The molecule has 6 atom stereocenters. The molecule has 4 rings (SSSR count). The number of nitrogens with zero attached hydrogens (tertiary/aromatic N) is 1. The first-order valence-electron chi connectivity index (χ1n) is 12.7. The molecule has 6 heteroatoms. The number of aliphatic hydroxyl groups is 2.